The normalized spacial score (nSPS) is 16.8. The molecule has 0 saturated carbocycles. The molecule has 7 nitrogen and oxygen atoms in total. The highest BCUT2D eigenvalue weighted by Crippen LogP contribution is 2.21. The maximum Gasteiger partial charge on any atom is 0.243 e. The smallest absolute Gasteiger partial charge is 0.243 e. The number of nitrogens with zero attached hydrogens (tertiary/aromatic N) is 5. The number of nitrogens with two attached hydrogens (primary N) is 1. The van der Waals surface area contributed by atoms with Gasteiger partial charge in [-0.3, -0.25) is 5.43 Å². The Bertz CT molecular complexity index is 398. The molecule has 0 bridgehead atoms. The highest BCUT2D eigenvalue weighted by atomic mass is 15.4. The quantitative estimate of drug-likeness (QED) is 0.596. The number of anilines is 3. The van der Waals surface area contributed by atoms with E-state index in [2.05, 4.69) is 32.2 Å². The first-order valence-electron chi connectivity index (χ1n) is 6.25. The van der Waals surface area contributed by atoms with Crippen LogP contribution in [0.4, 0.5) is 17.8 Å². The lowest BCUT2D eigenvalue weighted by molar-refractivity contribution is 0.434. The molecule has 100 valence electrons. The Morgan fingerprint density at radius 1 is 1.22 bits per heavy atom. The fraction of sp³-hybridized carbons (Fsp3) is 0.727. The van der Waals surface area contributed by atoms with Gasteiger partial charge in [0, 0.05) is 27.2 Å². The summed E-state index contributed by atoms with van der Waals surface area (Å²) in [7, 11) is 3.80. The van der Waals surface area contributed by atoms with Gasteiger partial charge in [-0.2, -0.15) is 15.0 Å². The van der Waals surface area contributed by atoms with E-state index in [4.69, 9.17) is 5.84 Å². The number of rotatable bonds is 3. The van der Waals surface area contributed by atoms with Crippen LogP contribution in [-0.4, -0.2) is 42.1 Å². The molecule has 1 fully saturated rings. The summed E-state index contributed by atoms with van der Waals surface area (Å²) in [6, 6.07) is 0. The van der Waals surface area contributed by atoms with Gasteiger partial charge in [-0.25, -0.2) is 5.84 Å². The maximum absolute atomic E-state index is 5.40. The van der Waals surface area contributed by atoms with Crippen molar-refractivity contribution in [3.63, 3.8) is 0 Å². The first-order valence-corrected chi connectivity index (χ1v) is 6.25. The lowest BCUT2D eigenvalue weighted by Crippen LogP contribution is -2.35. The van der Waals surface area contributed by atoms with Crippen LogP contribution >= 0.6 is 0 Å². The molecule has 2 heterocycles. The van der Waals surface area contributed by atoms with E-state index < -0.39 is 0 Å². The molecule has 1 saturated heterocycles. The standard InChI is InChI=1S/C11H21N7/c1-8-4-6-18(7-5-8)11-14-9(16-12)13-10(15-11)17(2)3/h8H,4-7,12H2,1-3H3,(H,13,14,15,16). The summed E-state index contributed by atoms with van der Waals surface area (Å²) >= 11 is 0. The van der Waals surface area contributed by atoms with Crippen LogP contribution < -0.4 is 21.1 Å². The van der Waals surface area contributed by atoms with Crippen molar-refractivity contribution in [1.82, 2.24) is 15.0 Å². The fourth-order valence-corrected chi connectivity index (χ4v) is 1.97. The third-order valence-electron chi connectivity index (χ3n) is 3.21. The van der Waals surface area contributed by atoms with Crippen LogP contribution in [0.3, 0.4) is 0 Å². The van der Waals surface area contributed by atoms with E-state index in [9.17, 15) is 0 Å². The summed E-state index contributed by atoms with van der Waals surface area (Å²) in [5, 5.41) is 0. The summed E-state index contributed by atoms with van der Waals surface area (Å²) in [5.41, 5.74) is 2.49. The van der Waals surface area contributed by atoms with Crippen LogP contribution in [0.25, 0.3) is 0 Å². The molecular weight excluding hydrogens is 230 g/mol. The predicted molar refractivity (Wildman–Crippen MR) is 72.6 cm³/mol. The van der Waals surface area contributed by atoms with Gasteiger partial charge in [-0.1, -0.05) is 6.92 Å². The zero-order valence-electron chi connectivity index (χ0n) is 11.2. The zero-order chi connectivity index (χ0) is 13.1. The van der Waals surface area contributed by atoms with Crippen molar-refractivity contribution in [1.29, 1.82) is 0 Å². The van der Waals surface area contributed by atoms with E-state index in [1.54, 1.807) is 0 Å². The minimum atomic E-state index is 0.405. The Kier molecular flexibility index (Phi) is 3.81. The summed E-state index contributed by atoms with van der Waals surface area (Å²) in [4.78, 5) is 17.0. The molecule has 1 aliphatic rings. The topological polar surface area (TPSA) is 83.2 Å². The van der Waals surface area contributed by atoms with Crippen LogP contribution in [0.1, 0.15) is 19.8 Å². The van der Waals surface area contributed by atoms with Crippen LogP contribution in [0.5, 0.6) is 0 Å². The number of nitrogens with one attached hydrogen (secondary N) is 1. The first kappa shape index (κ1) is 12.8. The van der Waals surface area contributed by atoms with Gasteiger partial charge in [0.25, 0.3) is 0 Å². The van der Waals surface area contributed by atoms with Crippen LogP contribution in [0, 0.1) is 5.92 Å². The number of nitrogen functional groups attached to an aromatic ring is 1. The minimum Gasteiger partial charge on any atom is -0.347 e. The van der Waals surface area contributed by atoms with Gasteiger partial charge in [-0.05, 0) is 18.8 Å². The average Bonchev–Trinajstić information content (AvgIpc) is 2.39. The molecule has 0 aliphatic carbocycles. The molecule has 0 unspecified atom stereocenters. The van der Waals surface area contributed by atoms with E-state index in [1.807, 2.05) is 19.0 Å². The van der Waals surface area contributed by atoms with Crippen LogP contribution in [-0.2, 0) is 0 Å². The maximum atomic E-state index is 5.40. The third kappa shape index (κ3) is 2.79. The van der Waals surface area contributed by atoms with Gasteiger partial charge in [-0.15, -0.1) is 0 Å². The summed E-state index contributed by atoms with van der Waals surface area (Å²) in [6.45, 7) is 4.26. The van der Waals surface area contributed by atoms with Crippen molar-refractivity contribution in [2.75, 3.05) is 42.4 Å². The summed E-state index contributed by atoms with van der Waals surface area (Å²) < 4.78 is 0. The molecule has 2 rings (SSSR count). The Hall–Kier alpha value is -1.63. The van der Waals surface area contributed by atoms with E-state index in [0.717, 1.165) is 19.0 Å². The van der Waals surface area contributed by atoms with Gasteiger partial charge in [0.2, 0.25) is 17.8 Å². The Morgan fingerprint density at radius 3 is 2.44 bits per heavy atom. The van der Waals surface area contributed by atoms with Crippen molar-refractivity contribution in [2.45, 2.75) is 19.8 Å². The number of aromatic nitrogens is 3. The fourth-order valence-electron chi connectivity index (χ4n) is 1.97. The van der Waals surface area contributed by atoms with Gasteiger partial charge >= 0.3 is 0 Å². The lowest BCUT2D eigenvalue weighted by atomic mass is 10.00. The average molecular weight is 251 g/mol. The van der Waals surface area contributed by atoms with Crippen molar-refractivity contribution in [3.05, 3.63) is 0 Å². The second kappa shape index (κ2) is 5.34. The highest BCUT2D eigenvalue weighted by Gasteiger charge is 2.19. The zero-order valence-corrected chi connectivity index (χ0v) is 11.2. The molecular formula is C11H21N7. The minimum absolute atomic E-state index is 0.405. The van der Waals surface area contributed by atoms with Gasteiger partial charge < -0.3 is 9.80 Å². The molecule has 0 atom stereocenters. The number of piperidine rings is 1. The Balaban J connectivity index is 2.23. The molecule has 3 N–H and O–H groups in total. The molecule has 0 radical (unpaired) electrons. The van der Waals surface area contributed by atoms with Gasteiger partial charge in [0.1, 0.15) is 0 Å². The number of hydrogen-bond acceptors (Lipinski definition) is 7. The Morgan fingerprint density at radius 2 is 1.89 bits per heavy atom. The molecule has 18 heavy (non-hydrogen) atoms. The number of hydrogen-bond donors (Lipinski definition) is 2. The molecule has 1 aromatic heterocycles. The van der Waals surface area contributed by atoms with Crippen molar-refractivity contribution >= 4 is 17.8 Å². The second-order valence-corrected chi connectivity index (χ2v) is 4.97. The van der Waals surface area contributed by atoms with Crippen LogP contribution in [0.15, 0.2) is 0 Å². The van der Waals surface area contributed by atoms with Gasteiger partial charge in [0.15, 0.2) is 0 Å². The third-order valence-corrected chi connectivity index (χ3v) is 3.21. The summed E-state index contributed by atoms with van der Waals surface area (Å²) in [6.07, 6.45) is 2.35. The number of hydrazine groups is 1. The molecule has 0 amide bonds. The largest absolute Gasteiger partial charge is 0.347 e. The first-order chi connectivity index (χ1) is 8.60. The molecule has 0 spiro atoms. The lowest BCUT2D eigenvalue weighted by Gasteiger charge is -2.30. The molecule has 7 heteroatoms. The van der Waals surface area contributed by atoms with E-state index in [-0.39, 0.29) is 0 Å². The predicted octanol–water partition coefficient (Wildman–Crippen LogP) is 0.460. The van der Waals surface area contributed by atoms with E-state index in [1.165, 1.54) is 12.8 Å². The van der Waals surface area contributed by atoms with E-state index in [0.29, 0.717) is 17.8 Å². The van der Waals surface area contributed by atoms with E-state index >= 15 is 0 Å². The highest BCUT2D eigenvalue weighted by molar-refractivity contribution is 5.44. The van der Waals surface area contributed by atoms with Crippen molar-refractivity contribution < 1.29 is 0 Å². The van der Waals surface area contributed by atoms with Crippen molar-refractivity contribution in [3.8, 4) is 0 Å². The molecule has 0 aromatic carbocycles. The second-order valence-electron chi connectivity index (χ2n) is 4.97. The molecule has 1 aliphatic heterocycles. The monoisotopic (exact) mass is 251 g/mol. The molecule has 1 aromatic rings. The van der Waals surface area contributed by atoms with Gasteiger partial charge in [0.05, 0.1) is 0 Å². The Labute approximate surface area is 107 Å². The SMILES string of the molecule is CC1CCN(c2nc(NN)nc(N(C)C)n2)CC1. The van der Waals surface area contributed by atoms with Crippen molar-refractivity contribution in [2.24, 2.45) is 11.8 Å². The summed E-state index contributed by atoms with van der Waals surface area (Å²) in [5.74, 6) is 7.91. The van der Waals surface area contributed by atoms with Crippen LogP contribution in [0.2, 0.25) is 0 Å².